The van der Waals surface area contributed by atoms with Crippen molar-refractivity contribution in [3.8, 4) is 0 Å². The second kappa shape index (κ2) is 3.56. The number of hydrogen-bond donors (Lipinski definition) is 1. The molecule has 2 aromatic rings. The molecule has 2 heterocycles. The molecule has 0 saturated carbocycles. The van der Waals surface area contributed by atoms with Gasteiger partial charge in [-0.3, -0.25) is 0 Å². The van der Waals surface area contributed by atoms with E-state index in [1.165, 1.54) is 0 Å². The molecule has 0 aliphatic heterocycles. The Morgan fingerprint density at radius 2 is 2.38 bits per heavy atom. The number of aromatic nitrogens is 3. The summed E-state index contributed by atoms with van der Waals surface area (Å²) >= 11 is 2.25. The molecule has 0 spiro atoms. The van der Waals surface area contributed by atoms with Gasteiger partial charge in [0.05, 0.1) is 0 Å². The third-order valence-electron chi connectivity index (χ3n) is 1.80. The zero-order valence-corrected chi connectivity index (χ0v) is 11.1. The molecular formula is C7H7I2N4-. The zero-order chi connectivity index (χ0) is 9.42. The molecular weight excluding hydrogens is 394 g/mol. The first kappa shape index (κ1) is 9.44. The molecule has 6 heteroatoms. The number of nitrogen functional groups attached to an aromatic ring is 1. The molecule has 4 nitrogen and oxygen atoms in total. The predicted octanol–water partition coefficient (Wildman–Crippen LogP) is -1.94. The standard InChI is InChI=1S/C7H7I2N4/c1-4-6-5(2-3-11-4)12-7(9-8)13(6)10/h2-3H,10H2,1H3/q-1. The Bertz CT molecular complexity index is 451. The van der Waals surface area contributed by atoms with E-state index in [9.17, 15) is 0 Å². The molecule has 0 aliphatic rings. The zero-order valence-electron chi connectivity index (χ0n) is 6.83. The molecule has 0 saturated heterocycles. The van der Waals surface area contributed by atoms with Crippen molar-refractivity contribution in [2.75, 3.05) is 5.84 Å². The summed E-state index contributed by atoms with van der Waals surface area (Å²) in [6.45, 7) is 1.95. The second-order valence-electron chi connectivity index (χ2n) is 2.59. The summed E-state index contributed by atoms with van der Waals surface area (Å²) in [5.74, 6) is 5.89. The van der Waals surface area contributed by atoms with Crippen LogP contribution in [0.5, 0.6) is 0 Å². The topological polar surface area (TPSA) is 56.7 Å². The van der Waals surface area contributed by atoms with Crippen LogP contribution in [0.4, 0.5) is 0 Å². The summed E-state index contributed by atoms with van der Waals surface area (Å²) in [5.41, 5.74) is 2.84. The Balaban J connectivity index is 2.85. The molecule has 0 unspecified atom stereocenters. The molecule has 0 aliphatic carbocycles. The van der Waals surface area contributed by atoms with Crippen LogP contribution in [0.1, 0.15) is 5.69 Å². The summed E-state index contributed by atoms with van der Waals surface area (Å²) in [7, 11) is 0. The van der Waals surface area contributed by atoms with Gasteiger partial charge < -0.3 is 0 Å². The first-order chi connectivity index (χ1) is 6.24. The number of fused-ring (bicyclic) bond motifs is 1. The van der Waals surface area contributed by atoms with Crippen molar-refractivity contribution in [1.29, 1.82) is 0 Å². The van der Waals surface area contributed by atoms with Crippen LogP contribution in [0.2, 0.25) is 0 Å². The van der Waals surface area contributed by atoms with Gasteiger partial charge in [0.15, 0.2) is 0 Å². The van der Waals surface area contributed by atoms with Gasteiger partial charge in [-0.15, -0.1) is 0 Å². The second-order valence-corrected chi connectivity index (χ2v) is 6.69. The molecule has 0 bridgehead atoms. The van der Waals surface area contributed by atoms with Crippen molar-refractivity contribution in [3.63, 3.8) is 0 Å². The number of pyridine rings is 1. The number of imidazole rings is 1. The van der Waals surface area contributed by atoms with Crippen LogP contribution < -0.4 is 23.1 Å². The molecule has 70 valence electrons. The van der Waals surface area contributed by atoms with E-state index in [1.54, 1.807) is 10.9 Å². The van der Waals surface area contributed by atoms with Crippen molar-refractivity contribution in [3.05, 3.63) is 21.8 Å². The number of halogens is 2. The quantitative estimate of drug-likeness (QED) is 0.448. The molecule has 13 heavy (non-hydrogen) atoms. The summed E-state index contributed by atoms with van der Waals surface area (Å²) in [6.07, 6.45) is 1.76. The minimum absolute atomic E-state index is 0.104. The third-order valence-corrected chi connectivity index (χ3v) is 5.37. The first-order valence-corrected chi connectivity index (χ1v) is 11.0. The molecule has 2 N–H and O–H groups in total. The minimum atomic E-state index is -0.104. The van der Waals surface area contributed by atoms with Crippen molar-refractivity contribution >= 4 is 29.6 Å². The van der Waals surface area contributed by atoms with E-state index in [1.807, 2.05) is 13.0 Å². The van der Waals surface area contributed by atoms with Gasteiger partial charge in [-0.05, 0) is 0 Å². The number of rotatable bonds is 1. The Morgan fingerprint density at radius 3 is 3.00 bits per heavy atom. The van der Waals surface area contributed by atoms with Crippen LogP contribution in [0.25, 0.3) is 11.0 Å². The van der Waals surface area contributed by atoms with Crippen LogP contribution >= 0.6 is 18.6 Å². The summed E-state index contributed by atoms with van der Waals surface area (Å²) in [6, 6.07) is 1.89. The number of aryl methyl sites for hydroxylation is 1. The van der Waals surface area contributed by atoms with E-state index in [2.05, 4.69) is 28.6 Å². The van der Waals surface area contributed by atoms with Gasteiger partial charge in [-0.2, -0.15) is 0 Å². The van der Waals surface area contributed by atoms with E-state index >= 15 is 0 Å². The van der Waals surface area contributed by atoms with E-state index in [0.29, 0.717) is 0 Å². The Hall–Kier alpha value is -0.120. The third kappa shape index (κ3) is 1.49. The van der Waals surface area contributed by atoms with Crippen LogP contribution in [0, 0.1) is 10.8 Å². The number of hydrogen-bond acceptors (Lipinski definition) is 3. The summed E-state index contributed by atoms with van der Waals surface area (Å²) < 4.78 is 2.66. The van der Waals surface area contributed by atoms with E-state index < -0.39 is 0 Å². The van der Waals surface area contributed by atoms with Crippen LogP contribution in [-0.4, -0.2) is 14.6 Å². The average molecular weight is 401 g/mol. The van der Waals surface area contributed by atoms with Crippen molar-refractivity contribution < 1.29 is 17.2 Å². The number of nitrogens with zero attached hydrogens (tertiary/aromatic N) is 3. The van der Waals surface area contributed by atoms with Crippen LogP contribution in [0.15, 0.2) is 12.3 Å². The maximum absolute atomic E-state index is 5.89. The van der Waals surface area contributed by atoms with Crippen molar-refractivity contribution in [2.24, 2.45) is 0 Å². The fourth-order valence-corrected chi connectivity index (χ4v) is 3.95. The SMILES string of the molecule is Cc1nccc2nc([I-]I)n(N)c12. The van der Waals surface area contributed by atoms with E-state index in [4.69, 9.17) is 5.84 Å². The molecule has 0 amide bonds. The molecule has 2 aromatic heterocycles. The Kier molecular flexibility index (Phi) is 2.58. The van der Waals surface area contributed by atoms with Crippen LogP contribution in [0.3, 0.4) is 0 Å². The normalized spacial score (nSPS) is 11.2. The average Bonchev–Trinajstić information content (AvgIpc) is 2.44. The molecule has 0 fully saturated rings. The molecule has 0 aromatic carbocycles. The molecule has 0 atom stereocenters. The number of nitrogens with two attached hydrogens (primary N) is 1. The van der Waals surface area contributed by atoms with Gasteiger partial charge >= 0.3 is 96.1 Å². The van der Waals surface area contributed by atoms with Crippen molar-refractivity contribution in [1.82, 2.24) is 14.6 Å². The van der Waals surface area contributed by atoms with Crippen molar-refractivity contribution in [2.45, 2.75) is 6.92 Å². The van der Waals surface area contributed by atoms with Gasteiger partial charge in [0, 0.05) is 0 Å². The fraction of sp³-hybridized carbons (Fsp3) is 0.143. The van der Waals surface area contributed by atoms with Gasteiger partial charge in [0.2, 0.25) is 0 Å². The van der Waals surface area contributed by atoms with Gasteiger partial charge in [0.25, 0.3) is 0 Å². The maximum atomic E-state index is 5.89. The fourth-order valence-electron chi connectivity index (χ4n) is 1.23. The molecule has 0 radical (unpaired) electrons. The first-order valence-electron chi connectivity index (χ1n) is 3.59. The Labute approximate surface area is 95.3 Å². The van der Waals surface area contributed by atoms with E-state index in [0.717, 1.165) is 20.6 Å². The van der Waals surface area contributed by atoms with Gasteiger partial charge in [-0.25, -0.2) is 0 Å². The monoisotopic (exact) mass is 401 g/mol. The van der Waals surface area contributed by atoms with E-state index in [-0.39, 0.29) is 17.2 Å². The van der Waals surface area contributed by atoms with Gasteiger partial charge in [0.1, 0.15) is 0 Å². The summed E-state index contributed by atoms with van der Waals surface area (Å²) in [5, 5.41) is 0. The summed E-state index contributed by atoms with van der Waals surface area (Å²) in [4.78, 5) is 8.62. The van der Waals surface area contributed by atoms with Gasteiger partial charge in [-0.1, -0.05) is 0 Å². The predicted molar refractivity (Wildman–Crippen MR) is 55.1 cm³/mol. The Morgan fingerprint density at radius 1 is 1.62 bits per heavy atom. The van der Waals surface area contributed by atoms with Crippen LogP contribution in [-0.2, 0) is 0 Å². The molecule has 2 rings (SSSR count).